The highest BCUT2D eigenvalue weighted by Gasteiger charge is 2.06. The third-order valence-electron chi connectivity index (χ3n) is 4.89. The molecule has 0 bridgehead atoms. The van der Waals surface area contributed by atoms with Gasteiger partial charge in [-0.15, -0.1) is 0 Å². The van der Waals surface area contributed by atoms with E-state index in [4.69, 9.17) is 10.5 Å². The number of hydrogen-bond acceptors (Lipinski definition) is 3. The number of rotatable bonds is 13. The first-order valence-electron chi connectivity index (χ1n) is 10.4. The van der Waals surface area contributed by atoms with Crippen molar-refractivity contribution < 1.29 is 4.74 Å². The van der Waals surface area contributed by atoms with Gasteiger partial charge in [-0.25, -0.2) is 3.21 Å². The van der Waals surface area contributed by atoms with Crippen LogP contribution in [0.5, 0.6) is 0 Å². The predicted molar refractivity (Wildman–Crippen MR) is 127 cm³/mol. The molecule has 1 aromatic rings. The Balaban J connectivity index is 1.56. The fourth-order valence-electron chi connectivity index (χ4n) is 3.32. The Kier molecular flexibility index (Phi) is 10.9. The molecule has 0 atom stereocenters. The van der Waals surface area contributed by atoms with E-state index in [1.807, 2.05) is 6.92 Å². The molecule has 0 saturated heterocycles. The molecule has 150 valence electrons. The number of aryl methyl sites for hydroxylation is 2. The van der Waals surface area contributed by atoms with Gasteiger partial charge in [0.15, 0.2) is 0 Å². The molecule has 1 aliphatic rings. The maximum atomic E-state index is 5.86. The van der Waals surface area contributed by atoms with Gasteiger partial charge < -0.3 is 10.5 Å². The van der Waals surface area contributed by atoms with Crippen molar-refractivity contribution >= 4 is 30.3 Å². The Morgan fingerprint density at radius 2 is 1.78 bits per heavy atom. The molecule has 27 heavy (non-hydrogen) atoms. The summed E-state index contributed by atoms with van der Waals surface area (Å²) in [5.74, 6) is 0.894. The molecule has 0 unspecified atom stereocenters. The molecule has 2 rings (SSSR count). The SMILES string of the molecule is C=C(CCc1cccc(CCCCCCCC2=NI=C(N)CC2)c1)OCC. The van der Waals surface area contributed by atoms with Crippen LogP contribution in [0.3, 0.4) is 0 Å². The number of ether oxygens (including phenoxy) is 1. The van der Waals surface area contributed by atoms with Gasteiger partial charge >= 0.3 is 0 Å². The Bertz CT molecular complexity index is 652. The topological polar surface area (TPSA) is 47.6 Å². The van der Waals surface area contributed by atoms with Gasteiger partial charge in [0.2, 0.25) is 0 Å². The van der Waals surface area contributed by atoms with E-state index in [1.54, 1.807) is 0 Å². The number of hydrogen-bond donors (Lipinski definition) is 1. The lowest BCUT2D eigenvalue weighted by molar-refractivity contribution is 0.220. The van der Waals surface area contributed by atoms with Gasteiger partial charge in [-0.2, -0.15) is 0 Å². The molecule has 1 aromatic carbocycles. The summed E-state index contributed by atoms with van der Waals surface area (Å²) in [7, 11) is 0. The zero-order valence-corrected chi connectivity index (χ0v) is 19.0. The Morgan fingerprint density at radius 3 is 2.48 bits per heavy atom. The molecule has 0 aromatic heterocycles. The van der Waals surface area contributed by atoms with Crippen LogP contribution in [0.2, 0.25) is 0 Å². The first-order valence-corrected chi connectivity index (χ1v) is 12.4. The fraction of sp³-hybridized carbons (Fsp3) is 0.565. The van der Waals surface area contributed by atoms with Crippen LogP contribution in [0, 0.1) is 0 Å². The first kappa shape index (κ1) is 22.3. The van der Waals surface area contributed by atoms with E-state index < -0.39 is 0 Å². The van der Waals surface area contributed by atoms with Crippen LogP contribution < -0.4 is 5.73 Å². The van der Waals surface area contributed by atoms with Crippen molar-refractivity contribution in [3.8, 4) is 0 Å². The lowest BCUT2D eigenvalue weighted by Gasteiger charge is -2.10. The molecular weight excluding hydrogens is 447 g/mol. The lowest BCUT2D eigenvalue weighted by Crippen LogP contribution is -2.13. The second kappa shape index (κ2) is 13.2. The molecule has 2 N–H and O–H groups in total. The zero-order chi connectivity index (χ0) is 19.3. The predicted octanol–water partition coefficient (Wildman–Crippen LogP) is 6.26. The summed E-state index contributed by atoms with van der Waals surface area (Å²) in [6.07, 6.45) is 13.1. The van der Waals surface area contributed by atoms with Crippen molar-refractivity contribution in [3.63, 3.8) is 0 Å². The van der Waals surface area contributed by atoms with Gasteiger partial charge in [-0.3, -0.25) is 0 Å². The average Bonchev–Trinajstić information content (AvgIpc) is 2.68. The van der Waals surface area contributed by atoms with Gasteiger partial charge in [0.1, 0.15) is 0 Å². The lowest BCUT2D eigenvalue weighted by atomic mass is 10.0. The van der Waals surface area contributed by atoms with Crippen molar-refractivity contribution in [2.45, 2.75) is 77.6 Å². The number of benzene rings is 1. The maximum absolute atomic E-state index is 5.86. The molecule has 3 nitrogen and oxygen atoms in total. The van der Waals surface area contributed by atoms with Crippen LogP contribution in [0.1, 0.15) is 75.8 Å². The molecule has 1 aliphatic heterocycles. The number of halogens is 1. The summed E-state index contributed by atoms with van der Waals surface area (Å²) in [5, 5.41) is 0. The Labute approximate surface area is 175 Å². The highest BCUT2D eigenvalue weighted by molar-refractivity contribution is 14.2. The van der Waals surface area contributed by atoms with Gasteiger partial charge in [0.25, 0.3) is 0 Å². The Morgan fingerprint density at radius 1 is 1.07 bits per heavy atom. The first-order chi connectivity index (χ1) is 13.2. The van der Waals surface area contributed by atoms with Gasteiger partial charge in [0, 0.05) is 36.8 Å². The minimum Gasteiger partial charge on any atom is -0.499 e. The van der Waals surface area contributed by atoms with Crippen LogP contribution in [0.4, 0.5) is 0 Å². The van der Waals surface area contributed by atoms with E-state index >= 15 is 0 Å². The van der Waals surface area contributed by atoms with Crippen molar-refractivity contribution in [2.24, 2.45) is 8.94 Å². The van der Waals surface area contributed by atoms with Crippen molar-refractivity contribution in [3.05, 3.63) is 47.7 Å². The fourth-order valence-corrected chi connectivity index (χ4v) is 4.96. The zero-order valence-electron chi connectivity index (χ0n) is 16.8. The molecule has 1 heterocycles. The van der Waals surface area contributed by atoms with Crippen molar-refractivity contribution in [1.82, 2.24) is 0 Å². The van der Waals surface area contributed by atoms with Gasteiger partial charge in [-0.05, 0) is 63.0 Å². The van der Waals surface area contributed by atoms with Crippen molar-refractivity contribution in [2.75, 3.05) is 6.61 Å². The summed E-state index contributed by atoms with van der Waals surface area (Å²) in [6, 6.07) is 9.01. The second-order valence-electron chi connectivity index (χ2n) is 7.24. The summed E-state index contributed by atoms with van der Waals surface area (Å²) >= 11 is -0.188. The summed E-state index contributed by atoms with van der Waals surface area (Å²) < 4.78 is 11.3. The van der Waals surface area contributed by atoms with E-state index in [1.165, 1.54) is 61.8 Å². The van der Waals surface area contributed by atoms with Crippen LogP contribution in [-0.4, -0.2) is 16.0 Å². The summed E-state index contributed by atoms with van der Waals surface area (Å²) in [6.45, 7) is 6.68. The Hall–Kier alpha value is -1.01. The normalized spacial score (nSPS) is 14.1. The number of nitrogens with zero attached hydrogens (tertiary/aromatic N) is 1. The molecule has 0 fully saturated rings. The second-order valence-corrected chi connectivity index (χ2v) is 9.59. The van der Waals surface area contributed by atoms with E-state index in [-0.39, 0.29) is 21.0 Å². The molecular formula is C23H35IN2O. The monoisotopic (exact) mass is 482 g/mol. The smallest absolute Gasteiger partial charge is 0.0891 e. The molecule has 0 radical (unpaired) electrons. The van der Waals surface area contributed by atoms with Crippen LogP contribution in [-0.2, 0) is 17.6 Å². The highest BCUT2D eigenvalue weighted by Crippen LogP contribution is 2.18. The molecule has 0 saturated carbocycles. The number of nitrogens with two attached hydrogens (primary N) is 1. The van der Waals surface area contributed by atoms with Crippen LogP contribution in [0.15, 0.2) is 39.8 Å². The standard InChI is InChI=1S/C23H35IN2O/c1-3-27-19(2)14-15-21-12-9-11-20(18-21)10-7-5-4-6-8-13-22-16-17-23(25)24-26-22/h9,11-12,18H,2-8,10,13-17,25H2,1H3. The maximum Gasteiger partial charge on any atom is 0.0891 e. The number of allylic oxidation sites excluding steroid dienone is 1. The quantitative estimate of drug-likeness (QED) is 0.205. The number of unbranched alkanes of at least 4 members (excludes halogenated alkanes) is 4. The van der Waals surface area contributed by atoms with Crippen LogP contribution in [0.25, 0.3) is 0 Å². The van der Waals surface area contributed by atoms with E-state index in [0.29, 0.717) is 6.61 Å². The van der Waals surface area contributed by atoms with Gasteiger partial charge in [-0.1, -0.05) is 50.1 Å². The minimum absolute atomic E-state index is 0.188. The van der Waals surface area contributed by atoms with Crippen LogP contribution >= 0.6 is 21.0 Å². The largest absolute Gasteiger partial charge is 0.499 e. The summed E-state index contributed by atoms with van der Waals surface area (Å²) in [4.78, 5) is 0. The molecule has 0 aliphatic carbocycles. The molecule has 0 amide bonds. The van der Waals surface area contributed by atoms with Gasteiger partial charge in [0.05, 0.1) is 12.4 Å². The minimum atomic E-state index is -0.188. The summed E-state index contributed by atoms with van der Waals surface area (Å²) in [5.41, 5.74) is 10.1. The van der Waals surface area contributed by atoms with E-state index in [9.17, 15) is 0 Å². The van der Waals surface area contributed by atoms with Crippen molar-refractivity contribution in [1.29, 1.82) is 0 Å². The highest BCUT2D eigenvalue weighted by atomic mass is 127. The third-order valence-corrected chi connectivity index (χ3v) is 6.97. The van der Waals surface area contributed by atoms with E-state index in [2.05, 4.69) is 34.1 Å². The third kappa shape index (κ3) is 9.65. The van der Waals surface area contributed by atoms with E-state index in [0.717, 1.165) is 35.1 Å². The molecule has 4 heteroatoms. The average molecular weight is 482 g/mol. The molecule has 0 spiro atoms.